The molecule has 4 aliphatic rings. The fraction of sp³-hybridized carbons (Fsp3) is 0.0909. The smallest absolute Gasteiger partial charge is 0.139 e. The maximum absolute atomic E-state index is 13.3. The van der Waals surface area contributed by atoms with Crippen LogP contribution in [0.3, 0.4) is 0 Å². The fourth-order valence-electron chi connectivity index (χ4n) is 10.3. The van der Waals surface area contributed by atoms with Gasteiger partial charge in [0, 0.05) is 7.11 Å². The minimum absolute atomic E-state index is 0.0719. The zero-order chi connectivity index (χ0) is 39.3. The molecule has 3 heteroatoms. The molecule has 0 spiro atoms. The molecular weight excluding hydrogens is 709 g/mol. The van der Waals surface area contributed by atoms with Crippen molar-refractivity contribution < 1.29 is 14.3 Å². The maximum atomic E-state index is 13.3. The molecule has 0 bridgehead atoms. The second kappa shape index (κ2) is 14.2. The summed E-state index contributed by atoms with van der Waals surface area (Å²) in [4.78, 5) is 24.5. The van der Waals surface area contributed by atoms with E-state index >= 15 is 0 Å². The molecule has 0 saturated carbocycles. The van der Waals surface area contributed by atoms with E-state index in [2.05, 4.69) is 109 Å². The summed E-state index contributed by atoms with van der Waals surface area (Å²) in [7, 11) is 1.73. The molecule has 0 heterocycles. The number of fused-ring (bicyclic) bond motifs is 12. The first-order valence-electron chi connectivity index (χ1n) is 19.9. The Morgan fingerprint density at radius 2 is 0.741 bits per heavy atom. The summed E-state index contributed by atoms with van der Waals surface area (Å²) >= 11 is 0. The summed E-state index contributed by atoms with van der Waals surface area (Å²) in [6.45, 7) is 0. The van der Waals surface area contributed by atoms with E-state index < -0.39 is 11.0 Å². The van der Waals surface area contributed by atoms with Gasteiger partial charge in [-0.05, 0) is 95.4 Å². The van der Waals surface area contributed by atoms with Gasteiger partial charge in [0.25, 0.3) is 0 Å². The number of aldehydes is 2. The SMILES string of the molecule is COC1(C2(C=O)c3ccccc3-c3ccccc32)c2ccccc2-c2ccccc21.O=CC1c2ccccc2-c2ccccc21.c1ccc2c(c1)Cc1ccccc1-2. The van der Waals surface area contributed by atoms with Gasteiger partial charge in [0.15, 0.2) is 0 Å². The molecule has 0 radical (unpaired) electrons. The lowest BCUT2D eigenvalue weighted by Gasteiger charge is -2.44. The van der Waals surface area contributed by atoms with Crippen LogP contribution < -0.4 is 0 Å². The Balaban J connectivity index is 0.000000121. The van der Waals surface area contributed by atoms with E-state index in [0.717, 1.165) is 74.6 Å². The summed E-state index contributed by atoms with van der Waals surface area (Å²) in [6, 6.07) is 66.6. The highest BCUT2D eigenvalue weighted by molar-refractivity contribution is 5.97. The van der Waals surface area contributed by atoms with Crippen molar-refractivity contribution in [2.45, 2.75) is 23.4 Å². The van der Waals surface area contributed by atoms with E-state index in [4.69, 9.17) is 4.74 Å². The van der Waals surface area contributed by atoms with E-state index in [-0.39, 0.29) is 5.92 Å². The van der Waals surface area contributed by atoms with Crippen LogP contribution >= 0.6 is 0 Å². The topological polar surface area (TPSA) is 43.4 Å². The zero-order valence-corrected chi connectivity index (χ0v) is 32.1. The fourth-order valence-corrected chi connectivity index (χ4v) is 10.3. The zero-order valence-electron chi connectivity index (χ0n) is 32.1. The van der Waals surface area contributed by atoms with Crippen LogP contribution in [0.1, 0.15) is 50.4 Å². The second-order valence-corrected chi connectivity index (χ2v) is 15.3. The molecule has 3 nitrogen and oxygen atoms in total. The summed E-state index contributed by atoms with van der Waals surface area (Å²) in [5.74, 6) is -0.0719. The van der Waals surface area contributed by atoms with Crippen LogP contribution in [0.2, 0.25) is 0 Å². The molecule has 58 heavy (non-hydrogen) atoms. The Morgan fingerprint density at radius 1 is 0.414 bits per heavy atom. The van der Waals surface area contributed by atoms with Gasteiger partial charge < -0.3 is 14.3 Å². The van der Waals surface area contributed by atoms with E-state index in [1.807, 2.05) is 84.9 Å². The summed E-state index contributed by atoms with van der Waals surface area (Å²) in [6.07, 6.45) is 3.25. The van der Waals surface area contributed by atoms with Gasteiger partial charge >= 0.3 is 0 Å². The molecular formula is C55H40O3. The Hall–Kier alpha value is -6.94. The van der Waals surface area contributed by atoms with Crippen molar-refractivity contribution in [2.24, 2.45) is 0 Å². The van der Waals surface area contributed by atoms with Gasteiger partial charge in [-0.3, -0.25) is 0 Å². The number of benzene rings is 8. The summed E-state index contributed by atoms with van der Waals surface area (Å²) in [5.41, 5.74) is 17.0. The average molecular weight is 749 g/mol. The highest BCUT2D eigenvalue weighted by Gasteiger charge is 2.63. The van der Waals surface area contributed by atoms with E-state index in [1.165, 1.54) is 33.4 Å². The van der Waals surface area contributed by atoms with E-state index in [1.54, 1.807) is 7.11 Å². The Kier molecular flexibility index (Phi) is 8.69. The lowest BCUT2D eigenvalue weighted by Crippen LogP contribution is -2.51. The van der Waals surface area contributed by atoms with Crippen LogP contribution in [-0.4, -0.2) is 19.7 Å². The van der Waals surface area contributed by atoms with Gasteiger partial charge in [0.05, 0.1) is 5.92 Å². The number of hydrogen-bond acceptors (Lipinski definition) is 3. The van der Waals surface area contributed by atoms with Gasteiger partial charge in [-0.2, -0.15) is 0 Å². The number of carbonyl (C=O) groups is 2. The van der Waals surface area contributed by atoms with Crippen LogP contribution in [-0.2, 0) is 31.8 Å². The van der Waals surface area contributed by atoms with Gasteiger partial charge in [-0.25, -0.2) is 0 Å². The highest BCUT2D eigenvalue weighted by Crippen LogP contribution is 2.64. The molecule has 0 fully saturated rings. The molecule has 278 valence electrons. The van der Waals surface area contributed by atoms with Crippen molar-refractivity contribution in [3.8, 4) is 44.5 Å². The van der Waals surface area contributed by atoms with Gasteiger partial charge in [-0.1, -0.05) is 194 Å². The third-order valence-corrected chi connectivity index (χ3v) is 12.7. The largest absolute Gasteiger partial charge is 0.367 e. The molecule has 0 aliphatic heterocycles. The molecule has 4 aliphatic carbocycles. The van der Waals surface area contributed by atoms with Crippen LogP contribution in [0.15, 0.2) is 194 Å². The minimum Gasteiger partial charge on any atom is -0.367 e. The quantitative estimate of drug-likeness (QED) is 0.168. The van der Waals surface area contributed by atoms with Crippen LogP contribution in [0.4, 0.5) is 0 Å². The molecule has 0 N–H and O–H groups in total. The molecule has 8 aromatic carbocycles. The Labute approximate surface area is 339 Å². The molecule has 8 aromatic rings. The Morgan fingerprint density at radius 3 is 1.14 bits per heavy atom. The summed E-state index contributed by atoms with van der Waals surface area (Å²) < 4.78 is 6.51. The third kappa shape index (κ3) is 5.03. The average Bonchev–Trinajstić information content (AvgIpc) is 4.01. The van der Waals surface area contributed by atoms with Crippen molar-refractivity contribution in [3.05, 3.63) is 239 Å². The number of carbonyl (C=O) groups excluding carboxylic acids is 2. The standard InChI is InChI=1S/C28H20O2.C14H10O.C13H10/c1-30-28(25-16-8-4-12-21(25)22-13-5-9-17-26(22)28)27(18-29)23-14-6-2-10-19(23)20-11-3-7-15-24(20)27;15-9-14-12-7-3-1-5-10(12)11-6-2-4-8-13(11)14;1-3-7-12-10(5-1)9-11-6-2-4-8-13(11)12/h2-18H,1H3;1-9,14H;1-8H,9H2. The van der Waals surface area contributed by atoms with Crippen LogP contribution in [0.5, 0.6) is 0 Å². The number of methoxy groups -OCH3 is 1. The highest BCUT2D eigenvalue weighted by atomic mass is 16.5. The third-order valence-electron chi connectivity index (χ3n) is 12.7. The molecule has 0 aromatic heterocycles. The monoisotopic (exact) mass is 748 g/mol. The van der Waals surface area contributed by atoms with Gasteiger partial charge in [0.1, 0.15) is 23.6 Å². The van der Waals surface area contributed by atoms with Crippen molar-refractivity contribution in [3.63, 3.8) is 0 Å². The Bertz CT molecular complexity index is 2700. The normalized spacial score (nSPS) is 14.6. The van der Waals surface area contributed by atoms with E-state index in [9.17, 15) is 9.59 Å². The van der Waals surface area contributed by atoms with E-state index in [0.29, 0.717) is 0 Å². The first kappa shape index (κ1) is 35.5. The second-order valence-electron chi connectivity index (χ2n) is 15.3. The first-order chi connectivity index (χ1) is 28.7. The van der Waals surface area contributed by atoms with Gasteiger partial charge in [-0.15, -0.1) is 0 Å². The van der Waals surface area contributed by atoms with Gasteiger partial charge in [0.2, 0.25) is 0 Å². The van der Waals surface area contributed by atoms with Crippen molar-refractivity contribution >= 4 is 12.6 Å². The van der Waals surface area contributed by atoms with Crippen molar-refractivity contribution in [2.75, 3.05) is 7.11 Å². The molecule has 0 atom stereocenters. The lowest BCUT2D eigenvalue weighted by atomic mass is 9.62. The number of ether oxygens (including phenoxy) is 1. The maximum Gasteiger partial charge on any atom is 0.139 e. The first-order valence-corrected chi connectivity index (χ1v) is 19.9. The predicted octanol–water partition coefficient (Wildman–Crippen LogP) is 12.0. The lowest BCUT2D eigenvalue weighted by molar-refractivity contribution is -0.121. The molecule has 0 unspecified atom stereocenters. The minimum atomic E-state index is -0.988. The van der Waals surface area contributed by atoms with Crippen LogP contribution in [0, 0.1) is 0 Å². The predicted molar refractivity (Wildman–Crippen MR) is 233 cm³/mol. The molecule has 12 rings (SSSR count). The number of hydrogen-bond donors (Lipinski definition) is 0. The van der Waals surface area contributed by atoms with Crippen molar-refractivity contribution in [1.29, 1.82) is 0 Å². The van der Waals surface area contributed by atoms with Crippen LogP contribution in [0.25, 0.3) is 44.5 Å². The molecule has 0 amide bonds. The summed E-state index contributed by atoms with van der Waals surface area (Å²) in [5, 5.41) is 0. The molecule has 0 saturated heterocycles. The number of rotatable bonds is 4. The van der Waals surface area contributed by atoms with Crippen molar-refractivity contribution in [1.82, 2.24) is 0 Å².